The van der Waals surface area contributed by atoms with E-state index in [-0.39, 0.29) is 10.8 Å². The van der Waals surface area contributed by atoms with Crippen molar-refractivity contribution in [3.05, 3.63) is 46.5 Å². The third kappa shape index (κ3) is 4.71. The van der Waals surface area contributed by atoms with Crippen LogP contribution in [0.25, 0.3) is 0 Å². The van der Waals surface area contributed by atoms with Crippen molar-refractivity contribution in [1.82, 2.24) is 0 Å². The zero-order valence-electron chi connectivity index (χ0n) is 19.1. The van der Waals surface area contributed by atoms with Crippen LogP contribution < -0.4 is 10.6 Å². The van der Waals surface area contributed by atoms with E-state index in [0.717, 1.165) is 45.4 Å². The van der Waals surface area contributed by atoms with E-state index in [4.69, 9.17) is 0 Å². The van der Waals surface area contributed by atoms with Gasteiger partial charge in [0, 0.05) is 21.7 Å². The second kappa shape index (κ2) is 8.07. The van der Waals surface area contributed by atoms with Gasteiger partial charge in [-0.15, -0.1) is 0 Å². The van der Waals surface area contributed by atoms with Crippen molar-refractivity contribution in [3.8, 4) is 11.5 Å². The molecule has 154 valence electrons. The third-order valence-corrected chi connectivity index (χ3v) is 7.85. The first kappa shape index (κ1) is 22.8. The molecule has 2 aromatic carbocycles. The van der Waals surface area contributed by atoms with Crippen molar-refractivity contribution in [2.75, 3.05) is 6.16 Å². The summed E-state index contributed by atoms with van der Waals surface area (Å²) in [4.78, 5) is 0. The number of rotatable bonds is 4. The summed E-state index contributed by atoms with van der Waals surface area (Å²) in [6.07, 6.45) is 1.94. The van der Waals surface area contributed by atoms with Gasteiger partial charge in [0.1, 0.15) is 11.5 Å². The molecule has 0 saturated heterocycles. The average molecular weight is 401 g/mol. The lowest BCUT2D eigenvalue weighted by atomic mass is 9.85. The second-order valence-corrected chi connectivity index (χ2v) is 12.3. The maximum Gasteiger partial charge on any atom is 0.127 e. The lowest BCUT2D eigenvalue weighted by molar-refractivity contribution is 0.450. The van der Waals surface area contributed by atoms with Crippen molar-refractivity contribution in [2.24, 2.45) is 0 Å². The highest BCUT2D eigenvalue weighted by molar-refractivity contribution is 7.73. The Balaban J connectivity index is 2.79. The molecule has 0 spiro atoms. The first-order valence-electron chi connectivity index (χ1n) is 10.2. The number of hydrogen-bond donors (Lipinski definition) is 2. The van der Waals surface area contributed by atoms with Crippen LogP contribution in [0.2, 0.25) is 0 Å². The first-order chi connectivity index (χ1) is 12.8. The van der Waals surface area contributed by atoms with Crippen LogP contribution in [-0.4, -0.2) is 16.4 Å². The summed E-state index contributed by atoms with van der Waals surface area (Å²) in [6.45, 7) is 19.2. The maximum absolute atomic E-state index is 11.2. The molecule has 0 aromatic heterocycles. The Morgan fingerprint density at radius 3 is 1.36 bits per heavy atom. The molecule has 3 heteroatoms. The van der Waals surface area contributed by atoms with Gasteiger partial charge in [-0.2, -0.15) is 0 Å². The van der Waals surface area contributed by atoms with Crippen LogP contribution >= 0.6 is 7.92 Å². The summed E-state index contributed by atoms with van der Waals surface area (Å²) < 4.78 is 0. The van der Waals surface area contributed by atoms with Gasteiger partial charge in [0.15, 0.2) is 0 Å². The van der Waals surface area contributed by atoms with Gasteiger partial charge in [-0.05, 0) is 62.0 Å². The first-order valence-corrected chi connectivity index (χ1v) is 11.8. The van der Waals surface area contributed by atoms with E-state index in [0.29, 0.717) is 11.5 Å². The Labute approximate surface area is 172 Å². The molecule has 0 bridgehead atoms. The molecule has 0 radical (unpaired) electrons. The highest BCUT2D eigenvalue weighted by Crippen LogP contribution is 2.45. The molecule has 0 unspecified atom stereocenters. The zero-order chi connectivity index (χ0) is 21.4. The van der Waals surface area contributed by atoms with Crippen molar-refractivity contribution in [1.29, 1.82) is 0 Å². The minimum absolute atomic E-state index is 0.136. The Bertz CT molecular complexity index is 785. The summed E-state index contributed by atoms with van der Waals surface area (Å²) in [6, 6.07) is 8.42. The van der Waals surface area contributed by atoms with Gasteiger partial charge in [-0.25, -0.2) is 0 Å². The number of benzene rings is 2. The van der Waals surface area contributed by atoms with Crippen LogP contribution in [0, 0.1) is 13.8 Å². The van der Waals surface area contributed by atoms with E-state index in [1.165, 1.54) is 0 Å². The molecule has 0 saturated carbocycles. The van der Waals surface area contributed by atoms with Crippen LogP contribution in [0.4, 0.5) is 0 Å². The highest BCUT2D eigenvalue weighted by Gasteiger charge is 2.29. The molecule has 0 heterocycles. The minimum atomic E-state index is -0.852. The standard InChI is InChI=1S/C25H37O2P/c1-10-11-28(20-14-16(2)12-18(22(20)26)24(4,5)6)21-15-17(3)13-19(23(21)27)25(7,8)9/h12-15,26-27H,10-11H2,1-9H3. The van der Waals surface area contributed by atoms with Gasteiger partial charge in [0.25, 0.3) is 0 Å². The number of aryl methyl sites for hydroxylation is 2. The van der Waals surface area contributed by atoms with Gasteiger partial charge < -0.3 is 10.2 Å². The monoisotopic (exact) mass is 400 g/mol. The van der Waals surface area contributed by atoms with Gasteiger partial charge in [0.2, 0.25) is 0 Å². The summed E-state index contributed by atoms with van der Waals surface area (Å²) in [5, 5.41) is 24.4. The molecular weight excluding hydrogens is 363 g/mol. The lowest BCUT2D eigenvalue weighted by Crippen LogP contribution is -2.22. The molecular formula is C25H37O2P. The summed E-state index contributed by atoms with van der Waals surface area (Å²) >= 11 is 0. The molecule has 0 aliphatic heterocycles. The van der Waals surface area contributed by atoms with Crippen LogP contribution in [0.3, 0.4) is 0 Å². The fourth-order valence-corrected chi connectivity index (χ4v) is 6.33. The Morgan fingerprint density at radius 2 is 1.07 bits per heavy atom. The molecule has 28 heavy (non-hydrogen) atoms. The van der Waals surface area contributed by atoms with Gasteiger partial charge in [-0.3, -0.25) is 0 Å². The lowest BCUT2D eigenvalue weighted by Gasteiger charge is -2.29. The zero-order valence-corrected chi connectivity index (χ0v) is 20.0. The van der Waals surface area contributed by atoms with E-state index >= 15 is 0 Å². The summed E-state index contributed by atoms with van der Waals surface area (Å²) in [7, 11) is -0.852. The molecule has 0 atom stereocenters. The highest BCUT2D eigenvalue weighted by atomic mass is 31.1. The maximum atomic E-state index is 11.2. The smallest absolute Gasteiger partial charge is 0.127 e. The number of phenols is 2. The Kier molecular flexibility index (Phi) is 6.56. The van der Waals surface area contributed by atoms with Gasteiger partial charge in [-0.1, -0.05) is 67.0 Å². The van der Waals surface area contributed by atoms with Crippen molar-refractivity contribution in [3.63, 3.8) is 0 Å². The van der Waals surface area contributed by atoms with Crippen LogP contribution in [0.1, 0.15) is 77.1 Å². The van der Waals surface area contributed by atoms with E-state index in [1.54, 1.807) is 0 Å². The quantitative estimate of drug-likeness (QED) is 0.604. The number of aromatic hydroxyl groups is 2. The number of hydrogen-bond acceptors (Lipinski definition) is 2. The van der Waals surface area contributed by atoms with Gasteiger partial charge >= 0.3 is 0 Å². The average Bonchev–Trinajstić information content (AvgIpc) is 2.54. The van der Waals surface area contributed by atoms with E-state index in [1.807, 2.05) is 0 Å². The molecule has 0 fully saturated rings. The largest absolute Gasteiger partial charge is 0.507 e. The molecule has 2 rings (SSSR count). The molecule has 2 nitrogen and oxygen atoms in total. The van der Waals surface area contributed by atoms with E-state index in [2.05, 4.69) is 86.6 Å². The Morgan fingerprint density at radius 1 is 0.714 bits per heavy atom. The number of phenolic OH excluding ortho intramolecular Hbond substituents is 2. The molecule has 0 aliphatic carbocycles. The molecule has 2 aromatic rings. The van der Waals surface area contributed by atoms with Crippen molar-refractivity contribution >= 4 is 18.5 Å². The fourth-order valence-electron chi connectivity index (χ4n) is 3.67. The fraction of sp³-hybridized carbons (Fsp3) is 0.520. The van der Waals surface area contributed by atoms with Crippen LogP contribution in [0.5, 0.6) is 11.5 Å². The Hall–Kier alpha value is -1.53. The predicted molar refractivity (Wildman–Crippen MR) is 124 cm³/mol. The minimum Gasteiger partial charge on any atom is -0.507 e. The molecule has 0 amide bonds. The van der Waals surface area contributed by atoms with Crippen LogP contribution in [0.15, 0.2) is 24.3 Å². The van der Waals surface area contributed by atoms with E-state index < -0.39 is 7.92 Å². The topological polar surface area (TPSA) is 40.5 Å². The third-order valence-electron chi connectivity index (χ3n) is 5.11. The second-order valence-electron chi connectivity index (χ2n) is 10.0. The SMILES string of the molecule is CCCP(c1cc(C)cc(C(C)(C)C)c1O)c1cc(C)cc(C(C)(C)C)c1O. The summed E-state index contributed by atoms with van der Waals surface area (Å²) in [5.74, 6) is 0.798. The van der Waals surface area contributed by atoms with Crippen molar-refractivity contribution < 1.29 is 10.2 Å². The van der Waals surface area contributed by atoms with Crippen LogP contribution in [-0.2, 0) is 10.8 Å². The predicted octanol–water partition coefficient (Wildman–Crippen LogP) is 6.15. The normalized spacial score (nSPS) is 12.6. The van der Waals surface area contributed by atoms with E-state index in [9.17, 15) is 10.2 Å². The van der Waals surface area contributed by atoms with Gasteiger partial charge in [0.05, 0.1) is 0 Å². The van der Waals surface area contributed by atoms with Crippen molar-refractivity contribution in [2.45, 2.75) is 79.6 Å². The summed E-state index contributed by atoms with van der Waals surface area (Å²) in [5.41, 5.74) is 4.00. The molecule has 2 N–H and O–H groups in total. The molecule has 0 aliphatic rings.